The molecule has 0 aromatic rings. The van der Waals surface area contributed by atoms with Crippen molar-refractivity contribution in [1.82, 2.24) is 0 Å². The summed E-state index contributed by atoms with van der Waals surface area (Å²) in [7, 11) is 0. The van der Waals surface area contributed by atoms with Crippen LogP contribution >= 0.6 is 0 Å². The van der Waals surface area contributed by atoms with Crippen LogP contribution in [0, 0.1) is 5.41 Å². The highest BCUT2D eigenvalue weighted by Crippen LogP contribution is 2.32. The summed E-state index contributed by atoms with van der Waals surface area (Å²) in [4.78, 5) is 12.3. The van der Waals surface area contributed by atoms with Crippen molar-refractivity contribution < 1.29 is 9.53 Å². The molecule has 0 saturated heterocycles. The molecule has 0 aliphatic heterocycles. The molecule has 3 heteroatoms. The standard InChI is InChI=1S/C18H35NO2/c1-9-10-11-12-14(19)15(17(3,4)5)13(2)16(20)21-18(6,7)8/h14H,9-12,19H2,1-8H3. The molecule has 2 N–H and O–H groups in total. The lowest BCUT2D eigenvalue weighted by Crippen LogP contribution is -2.34. The van der Waals surface area contributed by atoms with Gasteiger partial charge in [-0.3, -0.25) is 0 Å². The Balaban J connectivity index is 5.29. The summed E-state index contributed by atoms with van der Waals surface area (Å²) < 4.78 is 5.50. The third kappa shape index (κ3) is 7.66. The average Bonchev–Trinajstić information content (AvgIpc) is 2.25. The Morgan fingerprint density at radius 2 is 1.62 bits per heavy atom. The molecule has 0 aromatic carbocycles. The van der Waals surface area contributed by atoms with Gasteiger partial charge in [-0.1, -0.05) is 47.0 Å². The molecule has 0 aliphatic rings. The van der Waals surface area contributed by atoms with Crippen LogP contribution in [0.5, 0.6) is 0 Å². The zero-order valence-corrected chi connectivity index (χ0v) is 15.3. The van der Waals surface area contributed by atoms with Gasteiger partial charge in [0.1, 0.15) is 5.60 Å². The predicted molar refractivity (Wildman–Crippen MR) is 90.1 cm³/mol. The molecule has 0 rings (SSSR count). The van der Waals surface area contributed by atoms with Crippen molar-refractivity contribution in [3.63, 3.8) is 0 Å². The topological polar surface area (TPSA) is 52.3 Å². The fraction of sp³-hybridized carbons (Fsp3) is 0.833. The van der Waals surface area contributed by atoms with Crippen LogP contribution < -0.4 is 5.73 Å². The van der Waals surface area contributed by atoms with Gasteiger partial charge in [-0.15, -0.1) is 0 Å². The lowest BCUT2D eigenvalue weighted by Gasteiger charge is -2.31. The van der Waals surface area contributed by atoms with Crippen LogP contribution in [-0.2, 0) is 9.53 Å². The molecular formula is C18H35NO2. The highest BCUT2D eigenvalue weighted by molar-refractivity contribution is 5.89. The van der Waals surface area contributed by atoms with Gasteiger partial charge < -0.3 is 10.5 Å². The molecular weight excluding hydrogens is 262 g/mol. The monoisotopic (exact) mass is 297 g/mol. The van der Waals surface area contributed by atoms with Crippen molar-refractivity contribution >= 4 is 5.97 Å². The first-order valence-electron chi connectivity index (χ1n) is 8.10. The molecule has 0 bridgehead atoms. The van der Waals surface area contributed by atoms with E-state index in [1.165, 1.54) is 12.8 Å². The number of esters is 1. The Bertz CT molecular complexity index is 370. The lowest BCUT2D eigenvalue weighted by atomic mass is 9.78. The second kappa shape index (κ2) is 7.98. The van der Waals surface area contributed by atoms with Crippen LogP contribution in [0.15, 0.2) is 11.1 Å². The van der Waals surface area contributed by atoms with E-state index in [-0.39, 0.29) is 17.4 Å². The van der Waals surface area contributed by atoms with E-state index in [0.717, 1.165) is 18.4 Å². The first kappa shape index (κ1) is 20.2. The van der Waals surface area contributed by atoms with Crippen LogP contribution in [0.1, 0.15) is 81.1 Å². The van der Waals surface area contributed by atoms with Gasteiger partial charge in [-0.2, -0.15) is 0 Å². The zero-order valence-electron chi connectivity index (χ0n) is 15.3. The van der Waals surface area contributed by atoms with Crippen LogP contribution in [0.2, 0.25) is 0 Å². The van der Waals surface area contributed by atoms with E-state index in [1.54, 1.807) is 0 Å². The van der Waals surface area contributed by atoms with Gasteiger partial charge in [0.05, 0.1) is 0 Å². The Morgan fingerprint density at radius 1 is 1.10 bits per heavy atom. The van der Waals surface area contributed by atoms with Crippen LogP contribution in [-0.4, -0.2) is 17.6 Å². The lowest BCUT2D eigenvalue weighted by molar-refractivity contribution is -0.150. The fourth-order valence-corrected chi connectivity index (χ4v) is 2.62. The number of rotatable bonds is 6. The minimum Gasteiger partial charge on any atom is -0.457 e. The van der Waals surface area contributed by atoms with Gasteiger partial charge in [0, 0.05) is 11.6 Å². The van der Waals surface area contributed by atoms with E-state index in [1.807, 2.05) is 27.7 Å². The SMILES string of the molecule is CCCCCC(N)C(=C(C)C(=O)OC(C)(C)C)C(C)(C)C. The third-order valence-electron chi connectivity index (χ3n) is 3.41. The quantitative estimate of drug-likeness (QED) is 0.443. The highest BCUT2D eigenvalue weighted by Gasteiger charge is 2.29. The maximum Gasteiger partial charge on any atom is 0.334 e. The molecule has 0 heterocycles. The van der Waals surface area contributed by atoms with E-state index in [2.05, 4.69) is 27.7 Å². The van der Waals surface area contributed by atoms with Crippen LogP contribution in [0.3, 0.4) is 0 Å². The molecule has 0 amide bonds. The average molecular weight is 297 g/mol. The summed E-state index contributed by atoms with van der Waals surface area (Å²) in [6.45, 7) is 16.0. The fourth-order valence-electron chi connectivity index (χ4n) is 2.62. The minimum atomic E-state index is -0.479. The molecule has 1 unspecified atom stereocenters. The Kier molecular flexibility index (Phi) is 7.66. The Hall–Kier alpha value is -0.830. The minimum absolute atomic E-state index is 0.0796. The number of carbonyl (C=O) groups is 1. The largest absolute Gasteiger partial charge is 0.457 e. The second-order valence-electron chi connectivity index (χ2n) is 7.89. The summed E-state index contributed by atoms with van der Waals surface area (Å²) >= 11 is 0. The summed E-state index contributed by atoms with van der Waals surface area (Å²) in [5.74, 6) is -0.252. The van der Waals surface area contributed by atoms with E-state index in [4.69, 9.17) is 10.5 Å². The molecule has 124 valence electrons. The van der Waals surface area contributed by atoms with Gasteiger partial charge in [0.25, 0.3) is 0 Å². The number of carbonyl (C=O) groups excluding carboxylic acids is 1. The molecule has 0 aromatic heterocycles. The van der Waals surface area contributed by atoms with Crippen molar-refractivity contribution in [2.24, 2.45) is 11.1 Å². The Labute approximate surface area is 131 Å². The molecule has 3 nitrogen and oxygen atoms in total. The smallest absolute Gasteiger partial charge is 0.334 e. The van der Waals surface area contributed by atoms with Crippen molar-refractivity contribution in [3.8, 4) is 0 Å². The normalized spacial score (nSPS) is 15.5. The number of hydrogen-bond donors (Lipinski definition) is 1. The summed E-state index contributed by atoms with van der Waals surface area (Å²) in [5.41, 5.74) is 7.46. The molecule has 0 radical (unpaired) electrons. The maximum atomic E-state index is 12.3. The van der Waals surface area contributed by atoms with Gasteiger partial charge in [-0.05, 0) is 45.1 Å². The molecule has 0 fully saturated rings. The molecule has 0 spiro atoms. The molecule has 0 aliphatic carbocycles. The van der Waals surface area contributed by atoms with Crippen molar-refractivity contribution in [2.45, 2.75) is 92.7 Å². The van der Waals surface area contributed by atoms with Crippen molar-refractivity contribution in [3.05, 3.63) is 11.1 Å². The van der Waals surface area contributed by atoms with Gasteiger partial charge in [0.15, 0.2) is 0 Å². The predicted octanol–water partition coefficient (Wildman–Crippen LogP) is 4.60. The highest BCUT2D eigenvalue weighted by atomic mass is 16.6. The maximum absolute atomic E-state index is 12.3. The van der Waals surface area contributed by atoms with E-state index < -0.39 is 5.60 Å². The first-order chi connectivity index (χ1) is 9.40. The molecule has 0 saturated carbocycles. The summed E-state index contributed by atoms with van der Waals surface area (Å²) in [6, 6.07) is -0.0796. The first-order valence-corrected chi connectivity index (χ1v) is 8.10. The number of unbranched alkanes of at least 4 members (excludes halogenated alkanes) is 2. The number of nitrogens with two attached hydrogens (primary N) is 1. The number of hydrogen-bond acceptors (Lipinski definition) is 3. The van der Waals surface area contributed by atoms with Gasteiger partial charge in [-0.25, -0.2) is 4.79 Å². The molecule has 1 atom stereocenters. The number of ether oxygens (including phenoxy) is 1. The van der Waals surface area contributed by atoms with Crippen molar-refractivity contribution in [1.29, 1.82) is 0 Å². The van der Waals surface area contributed by atoms with Crippen LogP contribution in [0.4, 0.5) is 0 Å². The van der Waals surface area contributed by atoms with Gasteiger partial charge in [0.2, 0.25) is 0 Å². The summed E-state index contributed by atoms with van der Waals surface area (Å²) in [5, 5.41) is 0. The van der Waals surface area contributed by atoms with E-state index in [9.17, 15) is 4.79 Å². The zero-order chi connectivity index (χ0) is 16.8. The second-order valence-corrected chi connectivity index (χ2v) is 7.89. The van der Waals surface area contributed by atoms with Gasteiger partial charge >= 0.3 is 5.97 Å². The Morgan fingerprint density at radius 3 is 2.00 bits per heavy atom. The molecule has 21 heavy (non-hydrogen) atoms. The van der Waals surface area contributed by atoms with E-state index >= 15 is 0 Å². The summed E-state index contributed by atoms with van der Waals surface area (Å²) in [6.07, 6.45) is 4.36. The van der Waals surface area contributed by atoms with Crippen molar-refractivity contribution in [2.75, 3.05) is 0 Å². The van der Waals surface area contributed by atoms with E-state index in [0.29, 0.717) is 5.57 Å². The third-order valence-corrected chi connectivity index (χ3v) is 3.41. The van der Waals surface area contributed by atoms with Crippen LogP contribution in [0.25, 0.3) is 0 Å².